The maximum Gasteiger partial charge on any atom is 0.416 e. The third-order valence-corrected chi connectivity index (χ3v) is 12.2. The molecule has 0 unspecified atom stereocenters. The van der Waals surface area contributed by atoms with E-state index in [1.807, 2.05) is 66.7 Å². The van der Waals surface area contributed by atoms with Gasteiger partial charge in [0, 0.05) is 6.61 Å². The summed E-state index contributed by atoms with van der Waals surface area (Å²) in [5.41, 5.74) is 1.02. The first-order chi connectivity index (χ1) is 18.2. The number of hydrogen-bond donors (Lipinski definition) is 1. The molecule has 1 aliphatic rings. The van der Waals surface area contributed by atoms with Crippen molar-refractivity contribution in [2.75, 3.05) is 13.2 Å². The fraction of sp³-hybridized carbons (Fsp3) is 0.355. The lowest BCUT2D eigenvalue weighted by molar-refractivity contribution is -0.131. The predicted molar refractivity (Wildman–Crippen MR) is 151 cm³/mol. The number of imide groups is 1. The van der Waals surface area contributed by atoms with Crippen LogP contribution in [-0.2, 0) is 20.4 Å². The summed E-state index contributed by atoms with van der Waals surface area (Å²) >= 11 is 0. The van der Waals surface area contributed by atoms with Crippen molar-refractivity contribution in [2.45, 2.75) is 57.2 Å². The minimum absolute atomic E-state index is 0.159. The second kappa shape index (κ2) is 12.1. The quantitative estimate of drug-likeness (QED) is 0.395. The number of amides is 2. The van der Waals surface area contributed by atoms with E-state index in [-0.39, 0.29) is 30.5 Å². The van der Waals surface area contributed by atoms with Crippen LogP contribution in [0.4, 0.5) is 4.79 Å². The third kappa shape index (κ3) is 6.06. The molecule has 38 heavy (non-hydrogen) atoms. The van der Waals surface area contributed by atoms with Crippen LogP contribution in [0.1, 0.15) is 39.2 Å². The third-order valence-electron chi connectivity index (χ3n) is 7.14. The van der Waals surface area contributed by atoms with Gasteiger partial charge in [0.05, 0.1) is 18.6 Å². The Morgan fingerprint density at radius 3 is 2.03 bits per heavy atom. The van der Waals surface area contributed by atoms with E-state index in [4.69, 9.17) is 9.16 Å². The van der Waals surface area contributed by atoms with Crippen molar-refractivity contribution in [2.24, 2.45) is 0 Å². The second-order valence-corrected chi connectivity index (χ2v) is 15.1. The molecule has 0 radical (unpaired) electrons. The molecule has 0 saturated carbocycles. The van der Waals surface area contributed by atoms with Gasteiger partial charge >= 0.3 is 6.09 Å². The molecule has 2 amide bonds. The molecule has 7 heteroatoms. The molecule has 6 nitrogen and oxygen atoms in total. The summed E-state index contributed by atoms with van der Waals surface area (Å²) in [6.07, 6.45) is -0.948. The normalized spacial score (nSPS) is 16.8. The van der Waals surface area contributed by atoms with E-state index in [9.17, 15) is 14.7 Å². The molecule has 1 aliphatic heterocycles. The topological polar surface area (TPSA) is 76.1 Å². The molecule has 0 aromatic heterocycles. The average Bonchev–Trinajstić information content (AvgIpc) is 3.27. The van der Waals surface area contributed by atoms with Gasteiger partial charge in [-0.2, -0.15) is 0 Å². The Hall–Kier alpha value is -3.26. The molecular formula is C31H37NO5Si. The molecule has 0 spiro atoms. The number of carbonyl (C=O) groups is 2. The lowest BCUT2D eigenvalue weighted by atomic mass is 10.1. The van der Waals surface area contributed by atoms with Crippen LogP contribution in [0, 0.1) is 0 Å². The van der Waals surface area contributed by atoms with Crippen molar-refractivity contribution in [1.29, 1.82) is 0 Å². The molecule has 2 atom stereocenters. The van der Waals surface area contributed by atoms with Gasteiger partial charge < -0.3 is 14.3 Å². The van der Waals surface area contributed by atoms with Crippen molar-refractivity contribution in [3.05, 3.63) is 96.6 Å². The highest BCUT2D eigenvalue weighted by atomic mass is 28.4. The Balaban J connectivity index is 1.44. The van der Waals surface area contributed by atoms with E-state index in [0.29, 0.717) is 13.0 Å². The van der Waals surface area contributed by atoms with E-state index in [1.54, 1.807) is 0 Å². The van der Waals surface area contributed by atoms with Gasteiger partial charge in [-0.1, -0.05) is 112 Å². The summed E-state index contributed by atoms with van der Waals surface area (Å²) in [5.74, 6) is -0.425. The molecular weight excluding hydrogens is 494 g/mol. The number of hydrogen-bond acceptors (Lipinski definition) is 5. The molecule has 200 valence electrons. The largest absolute Gasteiger partial charge is 0.447 e. The molecule has 1 N–H and O–H groups in total. The molecule has 1 heterocycles. The van der Waals surface area contributed by atoms with E-state index in [0.717, 1.165) is 15.9 Å². The number of aliphatic hydroxyl groups is 1. The molecule has 4 rings (SSSR count). The van der Waals surface area contributed by atoms with Crippen LogP contribution in [0.3, 0.4) is 0 Å². The van der Waals surface area contributed by atoms with Crippen LogP contribution in [0.15, 0.2) is 91.0 Å². The summed E-state index contributed by atoms with van der Waals surface area (Å²) in [6.45, 7) is 7.05. The molecule has 3 aromatic carbocycles. The zero-order valence-corrected chi connectivity index (χ0v) is 23.4. The zero-order chi connectivity index (χ0) is 27.2. The Bertz CT molecular complexity index is 1160. The minimum Gasteiger partial charge on any atom is -0.447 e. The highest BCUT2D eigenvalue weighted by Gasteiger charge is 2.50. The van der Waals surface area contributed by atoms with Gasteiger partial charge in [-0.3, -0.25) is 4.79 Å². The first-order valence-corrected chi connectivity index (χ1v) is 15.1. The molecule has 3 aromatic rings. The van der Waals surface area contributed by atoms with E-state index >= 15 is 0 Å². The molecule has 0 aliphatic carbocycles. The predicted octanol–water partition coefficient (Wildman–Crippen LogP) is 4.29. The molecule has 0 bridgehead atoms. The lowest BCUT2D eigenvalue weighted by Crippen LogP contribution is -2.66. The van der Waals surface area contributed by atoms with E-state index < -0.39 is 26.4 Å². The first-order valence-electron chi connectivity index (χ1n) is 13.2. The fourth-order valence-electron chi connectivity index (χ4n) is 5.31. The van der Waals surface area contributed by atoms with Gasteiger partial charge in [0.2, 0.25) is 5.91 Å². The number of cyclic esters (lactones) is 1. The fourth-order valence-corrected chi connectivity index (χ4v) is 9.89. The Morgan fingerprint density at radius 2 is 1.50 bits per heavy atom. The average molecular weight is 532 g/mol. The SMILES string of the molecule is CC(C)(C)[Si](OCC[C@H](O)CC(=O)N1C(=O)OC[C@@H]1Cc1ccccc1)(c1ccccc1)c1ccccc1. The number of rotatable bonds is 10. The summed E-state index contributed by atoms with van der Waals surface area (Å²) < 4.78 is 12.0. The van der Waals surface area contributed by atoms with Crippen molar-refractivity contribution in [1.82, 2.24) is 4.90 Å². The summed E-state index contributed by atoms with van der Waals surface area (Å²) in [7, 11) is -2.73. The van der Waals surface area contributed by atoms with Crippen LogP contribution < -0.4 is 10.4 Å². The monoisotopic (exact) mass is 531 g/mol. The van der Waals surface area contributed by atoms with Gasteiger partial charge in [0.1, 0.15) is 6.61 Å². The Labute approximate surface area is 226 Å². The van der Waals surface area contributed by atoms with Gasteiger partial charge in [0.25, 0.3) is 8.32 Å². The Kier molecular flexibility index (Phi) is 8.82. The maximum absolute atomic E-state index is 13.1. The second-order valence-electron chi connectivity index (χ2n) is 10.8. The van der Waals surface area contributed by atoms with Crippen LogP contribution in [-0.4, -0.2) is 55.7 Å². The number of carbonyl (C=O) groups excluding carboxylic acids is 2. The van der Waals surface area contributed by atoms with Crippen LogP contribution in [0.25, 0.3) is 0 Å². The standard InChI is InChI=1S/C31H37NO5Si/c1-31(2,3)38(27-15-9-5-10-16-27,28-17-11-6-12-18-28)37-20-19-26(33)22-29(34)32-25(23-36-30(32)35)21-24-13-7-4-8-14-24/h4-18,25-26,33H,19-23H2,1-3H3/t25-,26-/m0/s1. The smallest absolute Gasteiger partial charge is 0.416 e. The van der Waals surface area contributed by atoms with E-state index in [1.165, 1.54) is 4.90 Å². The number of nitrogens with zero attached hydrogens (tertiary/aromatic N) is 1. The minimum atomic E-state index is -2.73. The molecule has 1 fully saturated rings. The van der Waals surface area contributed by atoms with Crippen LogP contribution >= 0.6 is 0 Å². The molecule has 1 saturated heterocycles. The Morgan fingerprint density at radius 1 is 0.974 bits per heavy atom. The van der Waals surface area contributed by atoms with Gasteiger partial charge in [-0.15, -0.1) is 0 Å². The van der Waals surface area contributed by atoms with Gasteiger partial charge in [0.15, 0.2) is 0 Å². The number of ether oxygens (including phenoxy) is 1. The van der Waals surface area contributed by atoms with Gasteiger partial charge in [-0.25, -0.2) is 9.69 Å². The zero-order valence-electron chi connectivity index (χ0n) is 22.4. The van der Waals surface area contributed by atoms with Crippen molar-refractivity contribution < 1.29 is 23.9 Å². The highest BCUT2D eigenvalue weighted by Crippen LogP contribution is 2.36. The summed E-state index contributed by atoms with van der Waals surface area (Å²) in [5, 5.41) is 13.0. The van der Waals surface area contributed by atoms with Crippen LogP contribution in [0.2, 0.25) is 5.04 Å². The van der Waals surface area contributed by atoms with Crippen LogP contribution in [0.5, 0.6) is 0 Å². The summed E-state index contributed by atoms with van der Waals surface area (Å²) in [6, 6.07) is 29.9. The lowest BCUT2D eigenvalue weighted by Gasteiger charge is -2.43. The highest BCUT2D eigenvalue weighted by molar-refractivity contribution is 6.99. The number of aliphatic hydroxyl groups excluding tert-OH is 1. The van der Waals surface area contributed by atoms with Crippen molar-refractivity contribution in [3.8, 4) is 0 Å². The number of benzene rings is 3. The maximum atomic E-state index is 13.1. The van der Waals surface area contributed by atoms with Gasteiger partial charge in [-0.05, 0) is 33.8 Å². The van der Waals surface area contributed by atoms with Crippen molar-refractivity contribution in [3.63, 3.8) is 0 Å². The summed E-state index contributed by atoms with van der Waals surface area (Å²) in [4.78, 5) is 26.6. The van der Waals surface area contributed by atoms with E-state index in [2.05, 4.69) is 45.0 Å². The first kappa shape index (κ1) is 27.8. The van der Waals surface area contributed by atoms with Crippen molar-refractivity contribution >= 4 is 30.7 Å².